The maximum absolute atomic E-state index is 11.5. The summed E-state index contributed by atoms with van der Waals surface area (Å²) < 4.78 is 0. The molecular weight excluding hydrogens is 240 g/mol. The third-order valence-electron chi connectivity index (χ3n) is 2.65. The molecule has 0 aliphatic rings. The van der Waals surface area contributed by atoms with E-state index in [1.165, 1.54) is 6.08 Å². The molecule has 1 aromatic heterocycles. The summed E-state index contributed by atoms with van der Waals surface area (Å²) >= 11 is 0. The monoisotopic (exact) mass is 256 g/mol. The Morgan fingerprint density at radius 3 is 3.00 bits per heavy atom. The van der Waals surface area contributed by atoms with Gasteiger partial charge in [-0.25, -0.2) is 0 Å². The van der Waals surface area contributed by atoms with E-state index in [0.717, 1.165) is 16.5 Å². The molecule has 98 valence electrons. The van der Waals surface area contributed by atoms with Crippen LogP contribution in [0.1, 0.15) is 12.5 Å². The number of pyridine rings is 1. The van der Waals surface area contributed by atoms with Gasteiger partial charge in [-0.3, -0.25) is 9.78 Å². The fourth-order valence-corrected chi connectivity index (χ4v) is 1.73. The van der Waals surface area contributed by atoms with Gasteiger partial charge in [0.1, 0.15) is 0 Å². The number of aliphatic hydroxyl groups excluding tert-OH is 1. The van der Waals surface area contributed by atoms with Gasteiger partial charge in [-0.1, -0.05) is 24.3 Å². The number of aliphatic hydroxyl groups is 1. The number of carbonyl (C=O) groups excluding carboxylic acids is 1. The van der Waals surface area contributed by atoms with E-state index < -0.39 is 6.10 Å². The lowest BCUT2D eigenvalue weighted by Gasteiger charge is -2.04. The van der Waals surface area contributed by atoms with E-state index in [-0.39, 0.29) is 12.5 Å². The van der Waals surface area contributed by atoms with Crippen LogP contribution in [0.5, 0.6) is 0 Å². The summed E-state index contributed by atoms with van der Waals surface area (Å²) in [4.78, 5) is 15.8. The van der Waals surface area contributed by atoms with E-state index in [1.54, 1.807) is 19.2 Å². The molecule has 1 heterocycles. The maximum atomic E-state index is 11.5. The smallest absolute Gasteiger partial charge is 0.244 e. The summed E-state index contributed by atoms with van der Waals surface area (Å²) in [5.41, 5.74) is 1.76. The first-order chi connectivity index (χ1) is 9.16. The SMILES string of the molecule is CC(O)CNC(=O)/C=C/c1cccc2cccnc12. The molecule has 0 fully saturated rings. The predicted molar refractivity (Wildman–Crippen MR) is 75.5 cm³/mol. The molecular formula is C15H16N2O2. The number of rotatable bonds is 4. The Kier molecular flexibility index (Phi) is 4.26. The number of benzene rings is 1. The Balaban J connectivity index is 2.15. The number of carbonyl (C=O) groups is 1. The Morgan fingerprint density at radius 2 is 2.21 bits per heavy atom. The molecule has 1 amide bonds. The van der Waals surface area contributed by atoms with Crippen molar-refractivity contribution in [2.24, 2.45) is 0 Å². The van der Waals surface area contributed by atoms with Crippen LogP contribution >= 0.6 is 0 Å². The molecule has 0 aliphatic carbocycles. The van der Waals surface area contributed by atoms with Crippen LogP contribution in [-0.2, 0) is 4.79 Å². The van der Waals surface area contributed by atoms with Crippen molar-refractivity contribution < 1.29 is 9.90 Å². The lowest BCUT2D eigenvalue weighted by atomic mass is 10.1. The van der Waals surface area contributed by atoms with E-state index in [4.69, 9.17) is 5.11 Å². The van der Waals surface area contributed by atoms with Crippen LogP contribution in [0.3, 0.4) is 0 Å². The summed E-state index contributed by atoms with van der Waals surface area (Å²) in [7, 11) is 0. The second-order valence-electron chi connectivity index (χ2n) is 4.35. The number of hydrogen-bond donors (Lipinski definition) is 2. The second kappa shape index (κ2) is 6.11. The van der Waals surface area contributed by atoms with Crippen LogP contribution in [-0.4, -0.2) is 28.6 Å². The molecule has 2 rings (SSSR count). The molecule has 0 spiro atoms. The van der Waals surface area contributed by atoms with Crippen LogP contribution in [0.2, 0.25) is 0 Å². The Morgan fingerprint density at radius 1 is 1.42 bits per heavy atom. The Hall–Kier alpha value is -2.20. The summed E-state index contributed by atoms with van der Waals surface area (Å²) in [5, 5.41) is 12.7. The van der Waals surface area contributed by atoms with Gasteiger partial charge in [-0.2, -0.15) is 0 Å². The third-order valence-corrected chi connectivity index (χ3v) is 2.65. The van der Waals surface area contributed by atoms with Gasteiger partial charge in [-0.05, 0) is 19.1 Å². The van der Waals surface area contributed by atoms with Crippen molar-refractivity contribution in [2.75, 3.05) is 6.54 Å². The number of nitrogens with one attached hydrogen (secondary N) is 1. The molecule has 2 N–H and O–H groups in total. The van der Waals surface area contributed by atoms with Crippen molar-refractivity contribution in [1.29, 1.82) is 0 Å². The largest absolute Gasteiger partial charge is 0.392 e. The van der Waals surface area contributed by atoms with E-state index in [1.807, 2.05) is 30.3 Å². The minimum Gasteiger partial charge on any atom is -0.392 e. The Bertz CT molecular complexity index is 601. The maximum Gasteiger partial charge on any atom is 0.244 e. The van der Waals surface area contributed by atoms with Crippen molar-refractivity contribution in [2.45, 2.75) is 13.0 Å². The average molecular weight is 256 g/mol. The molecule has 19 heavy (non-hydrogen) atoms. The first-order valence-electron chi connectivity index (χ1n) is 6.14. The van der Waals surface area contributed by atoms with E-state index in [0.29, 0.717) is 0 Å². The fraction of sp³-hybridized carbons (Fsp3) is 0.200. The summed E-state index contributed by atoms with van der Waals surface area (Å²) in [5.74, 6) is -0.228. The van der Waals surface area contributed by atoms with E-state index in [2.05, 4.69) is 10.3 Å². The zero-order chi connectivity index (χ0) is 13.7. The molecule has 1 unspecified atom stereocenters. The van der Waals surface area contributed by atoms with Gasteiger partial charge in [0, 0.05) is 29.8 Å². The highest BCUT2D eigenvalue weighted by Gasteiger charge is 2.01. The average Bonchev–Trinajstić information content (AvgIpc) is 2.42. The molecule has 1 aromatic carbocycles. The van der Waals surface area contributed by atoms with Crippen molar-refractivity contribution in [3.05, 3.63) is 48.2 Å². The number of aromatic nitrogens is 1. The van der Waals surface area contributed by atoms with Gasteiger partial charge in [0.2, 0.25) is 5.91 Å². The van der Waals surface area contributed by atoms with Crippen molar-refractivity contribution in [3.8, 4) is 0 Å². The highest BCUT2D eigenvalue weighted by molar-refractivity contribution is 5.95. The number of nitrogens with zero attached hydrogens (tertiary/aromatic N) is 1. The normalized spacial score (nSPS) is 12.7. The van der Waals surface area contributed by atoms with Crippen LogP contribution in [0.25, 0.3) is 17.0 Å². The van der Waals surface area contributed by atoms with Crippen LogP contribution in [0.15, 0.2) is 42.6 Å². The van der Waals surface area contributed by atoms with Gasteiger partial charge in [0.15, 0.2) is 0 Å². The molecule has 2 aromatic rings. The number of fused-ring (bicyclic) bond motifs is 1. The fourth-order valence-electron chi connectivity index (χ4n) is 1.73. The quantitative estimate of drug-likeness (QED) is 0.819. The van der Waals surface area contributed by atoms with Crippen LogP contribution in [0, 0.1) is 0 Å². The molecule has 1 atom stereocenters. The van der Waals surface area contributed by atoms with E-state index in [9.17, 15) is 4.79 Å². The molecule has 0 saturated carbocycles. The first kappa shape index (κ1) is 13.2. The molecule has 4 heteroatoms. The third kappa shape index (κ3) is 3.63. The summed E-state index contributed by atoms with van der Waals surface area (Å²) in [6.45, 7) is 1.87. The van der Waals surface area contributed by atoms with Crippen LogP contribution in [0.4, 0.5) is 0 Å². The van der Waals surface area contributed by atoms with Gasteiger partial charge in [-0.15, -0.1) is 0 Å². The van der Waals surface area contributed by atoms with Gasteiger partial charge >= 0.3 is 0 Å². The lowest BCUT2D eigenvalue weighted by Crippen LogP contribution is -2.28. The highest BCUT2D eigenvalue weighted by Crippen LogP contribution is 2.16. The minimum atomic E-state index is -0.545. The zero-order valence-electron chi connectivity index (χ0n) is 10.7. The molecule has 0 aliphatic heterocycles. The molecule has 0 radical (unpaired) electrons. The van der Waals surface area contributed by atoms with E-state index >= 15 is 0 Å². The van der Waals surface area contributed by atoms with Gasteiger partial charge in [0.05, 0.1) is 11.6 Å². The second-order valence-corrected chi connectivity index (χ2v) is 4.35. The molecule has 0 bridgehead atoms. The molecule has 0 saturated heterocycles. The van der Waals surface area contributed by atoms with Gasteiger partial charge < -0.3 is 10.4 Å². The zero-order valence-corrected chi connectivity index (χ0v) is 10.7. The number of amides is 1. The Labute approximate surface area is 111 Å². The topological polar surface area (TPSA) is 62.2 Å². The number of hydrogen-bond acceptors (Lipinski definition) is 3. The first-order valence-corrected chi connectivity index (χ1v) is 6.14. The number of para-hydroxylation sites is 1. The van der Waals surface area contributed by atoms with Gasteiger partial charge in [0.25, 0.3) is 0 Å². The minimum absolute atomic E-state index is 0.228. The summed E-state index contributed by atoms with van der Waals surface area (Å²) in [6.07, 6.45) is 4.36. The standard InChI is InChI=1S/C15H16N2O2/c1-11(18)10-17-14(19)8-7-13-5-2-4-12-6-3-9-16-15(12)13/h2-9,11,18H,10H2,1H3,(H,17,19)/b8-7+. The van der Waals surface area contributed by atoms with Crippen molar-refractivity contribution in [1.82, 2.24) is 10.3 Å². The summed E-state index contributed by atoms with van der Waals surface area (Å²) in [6, 6.07) is 9.68. The van der Waals surface area contributed by atoms with Crippen LogP contribution < -0.4 is 5.32 Å². The van der Waals surface area contributed by atoms with Crippen molar-refractivity contribution in [3.63, 3.8) is 0 Å². The molecule has 4 nitrogen and oxygen atoms in total. The highest BCUT2D eigenvalue weighted by atomic mass is 16.3. The lowest BCUT2D eigenvalue weighted by molar-refractivity contribution is -0.116. The van der Waals surface area contributed by atoms with Crippen molar-refractivity contribution >= 4 is 22.9 Å². The predicted octanol–water partition coefficient (Wildman–Crippen LogP) is 1.75.